The summed E-state index contributed by atoms with van der Waals surface area (Å²) in [6, 6.07) is 4.75. The molecule has 2 aliphatic heterocycles. The molecule has 0 aliphatic carbocycles. The van der Waals surface area contributed by atoms with Gasteiger partial charge < -0.3 is 30.4 Å². The molecule has 2 aliphatic rings. The number of hydrogen-bond acceptors (Lipinski definition) is 9. The van der Waals surface area contributed by atoms with Crippen LogP contribution in [0.1, 0.15) is 30.5 Å². The number of piperidine rings is 1. The highest BCUT2D eigenvalue weighted by Gasteiger charge is 2.47. The molecule has 0 unspecified atom stereocenters. The van der Waals surface area contributed by atoms with Crippen LogP contribution in [0.5, 0.6) is 11.5 Å². The van der Waals surface area contributed by atoms with E-state index >= 15 is 0 Å². The van der Waals surface area contributed by atoms with Crippen LogP contribution in [0.2, 0.25) is 0 Å². The number of halogens is 4. The van der Waals surface area contributed by atoms with Crippen LogP contribution in [0.3, 0.4) is 0 Å². The second kappa shape index (κ2) is 11.4. The molecule has 16 heteroatoms. The SMILES string of the molecule is CNCc1cc([C@H]2CN([C@@H](C)C(=O)Nc3nc4cc5c(cc4s3)OC(F)(F)O5)CCC2(F)F)cc[n+]1[O-].O=CO. The van der Waals surface area contributed by atoms with Gasteiger partial charge in [0.25, 0.3) is 12.4 Å². The number of carboxylic acid groups (broad SMARTS) is 1. The minimum absolute atomic E-state index is 0.00526. The fraction of sp³-hybridized carbons (Fsp3) is 0.417. The third kappa shape index (κ3) is 6.18. The summed E-state index contributed by atoms with van der Waals surface area (Å²) in [5.41, 5.74) is 0.983. The van der Waals surface area contributed by atoms with Crippen LogP contribution in [0.25, 0.3) is 10.2 Å². The average Bonchev–Trinajstić information content (AvgIpc) is 3.40. The lowest BCUT2D eigenvalue weighted by atomic mass is 9.86. The summed E-state index contributed by atoms with van der Waals surface area (Å²) in [6.45, 7) is 1.51. The molecule has 4 heterocycles. The Morgan fingerprint density at radius 3 is 2.67 bits per heavy atom. The summed E-state index contributed by atoms with van der Waals surface area (Å²) in [5, 5.41) is 24.6. The van der Waals surface area contributed by atoms with Crippen molar-refractivity contribution in [2.24, 2.45) is 0 Å². The maximum Gasteiger partial charge on any atom is 0.586 e. The quantitative estimate of drug-likeness (QED) is 0.172. The number of amides is 1. The molecule has 3 aromatic rings. The highest BCUT2D eigenvalue weighted by Crippen LogP contribution is 2.45. The van der Waals surface area contributed by atoms with Crippen LogP contribution in [-0.4, -0.2) is 65.8 Å². The number of carbonyl (C=O) groups is 2. The average molecular weight is 588 g/mol. The van der Waals surface area contributed by atoms with E-state index in [0.717, 1.165) is 11.3 Å². The molecule has 1 amide bonds. The molecular weight excluding hydrogens is 562 g/mol. The molecule has 0 radical (unpaired) electrons. The highest BCUT2D eigenvalue weighted by molar-refractivity contribution is 7.22. The first-order chi connectivity index (χ1) is 18.9. The smallest absolute Gasteiger partial charge is 0.586 e. The van der Waals surface area contributed by atoms with Crippen molar-refractivity contribution >= 4 is 39.1 Å². The second-order valence-corrected chi connectivity index (χ2v) is 10.1. The number of pyridine rings is 1. The van der Waals surface area contributed by atoms with Gasteiger partial charge >= 0.3 is 6.29 Å². The van der Waals surface area contributed by atoms with Gasteiger partial charge in [0.1, 0.15) is 0 Å². The van der Waals surface area contributed by atoms with E-state index in [2.05, 4.69) is 25.1 Å². The molecule has 3 N–H and O–H groups in total. The van der Waals surface area contributed by atoms with Gasteiger partial charge in [0, 0.05) is 43.8 Å². The lowest BCUT2D eigenvalue weighted by Crippen LogP contribution is -2.52. The van der Waals surface area contributed by atoms with Gasteiger partial charge in [0.15, 0.2) is 22.8 Å². The Labute approximate surface area is 228 Å². The monoisotopic (exact) mass is 587 g/mol. The predicted molar refractivity (Wildman–Crippen MR) is 135 cm³/mol. The van der Waals surface area contributed by atoms with Gasteiger partial charge in [-0.3, -0.25) is 14.5 Å². The first kappa shape index (κ1) is 29.2. The molecule has 2 aromatic heterocycles. The number of nitrogens with one attached hydrogen (secondary N) is 2. The van der Waals surface area contributed by atoms with Crippen LogP contribution >= 0.6 is 11.3 Å². The Kier molecular flexibility index (Phi) is 8.32. The Balaban J connectivity index is 0.00000118. The first-order valence-corrected chi connectivity index (χ1v) is 12.8. The first-order valence-electron chi connectivity index (χ1n) is 11.9. The van der Waals surface area contributed by atoms with E-state index in [-0.39, 0.29) is 42.7 Å². The molecular formula is C24H25F4N5O6S. The number of carbonyl (C=O) groups excluding carboxylic acids is 1. The van der Waals surface area contributed by atoms with Crippen LogP contribution < -0.4 is 24.8 Å². The van der Waals surface area contributed by atoms with Crippen molar-refractivity contribution in [3.63, 3.8) is 0 Å². The molecule has 1 fully saturated rings. The zero-order valence-corrected chi connectivity index (χ0v) is 22.0. The van der Waals surface area contributed by atoms with Crippen LogP contribution in [0.15, 0.2) is 30.5 Å². The summed E-state index contributed by atoms with van der Waals surface area (Å²) in [7, 11) is 1.65. The standard InChI is InChI=1S/C23H23F4N5O4S.CH2O2/c1-12(20(33)30-21-29-16-8-17-18(9-19(16)37-21)36-23(26,27)35-17)31-6-4-22(24,25)15(11-31)13-3-5-32(34)14(7-13)10-28-2;2-1-3/h3,5,7-9,12,15,28H,4,6,10-11H2,1-2H3,(H,29,30,33);1H,(H,2,3)/t12-,15+;/m0./s1. The van der Waals surface area contributed by atoms with Gasteiger partial charge in [-0.05, 0) is 19.5 Å². The lowest BCUT2D eigenvalue weighted by Gasteiger charge is -2.40. The fourth-order valence-electron chi connectivity index (χ4n) is 4.51. The molecule has 2 atom stereocenters. The van der Waals surface area contributed by atoms with Gasteiger partial charge in [-0.1, -0.05) is 11.3 Å². The topological polar surface area (TPSA) is 140 Å². The third-order valence-corrected chi connectivity index (χ3v) is 7.44. The number of anilines is 1. The van der Waals surface area contributed by atoms with E-state index in [0.29, 0.717) is 26.2 Å². The Morgan fingerprint density at radius 1 is 1.32 bits per heavy atom. The van der Waals surface area contributed by atoms with Gasteiger partial charge in [-0.25, -0.2) is 13.8 Å². The number of rotatable bonds is 6. The van der Waals surface area contributed by atoms with Crippen molar-refractivity contribution in [2.75, 3.05) is 25.5 Å². The third-order valence-electron chi connectivity index (χ3n) is 6.51. The number of alkyl halides is 4. The fourth-order valence-corrected chi connectivity index (χ4v) is 5.39. The second-order valence-electron chi connectivity index (χ2n) is 9.09. The molecule has 1 aromatic carbocycles. The van der Waals surface area contributed by atoms with E-state index in [4.69, 9.17) is 9.90 Å². The summed E-state index contributed by atoms with van der Waals surface area (Å²) >= 11 is 1.06. The van der Waals surface area contributed by atoms with E-state index in [1.54, 1.807) is 18.9 Å². The summed E-state index contributed by atoms with van der Waals surface area (Å²) in [6.07, 6.45) is -2.97. The highest BCUT2D eigenvalue weighted by atomic mass is 32.1. The van der Waals surface area contributed by atoms with Crippen LogP contribution in [0.4, 0.5) is 22.7 Å². The van der Waals surface area contributed by atoms with E-state index < -0.39 is 36.5 Å². The van der Waals surface area contributed by atoms with Crippen molar-refractivity contribution in [3.8, 4) is 11.5 Å². The summed E-state index contributed by atoms with van der Waals surface area (Å²) < 4.78 is 66.4. The minimum atomic E-state index is -3.74. The number of benzene rings is 1. The minimum Gasteiger partial charge on any atom is -0.618 e. The van der Waals surface area contributed by atoms with E-state index in [9.17, 15) is 27.6 Å². The van der Waals surface area contributed by atoms with Crippen molar-refractivity contribution < 1.29 is 46.5 Å². The normalized spacial score (nSPS) is 19.9. The van der Waals surface area contributed by atoms with Gasteiger partial charge in [0.05, 0.1) is 28.7 Å². The molecule has 0 bridgehead atoms. The molecule has 40 heavy (non-hydrogen) atoms. The van der Waals surface area contributed by atoms with E-state index in [1.807, 2.05) is 0 Å². The van der Waals surface area contributed by atoms with Crippen molar-refractivity contribution in [1.82, 2.24) is 15.2 Å². The molecule has 0 saturated carbocycles. The number of aromatic nitrogens is 2. The lowest BCUT2D eigenvalue weighted by molar-refractivity contribution is -0.614. The molecule has 216 valence electrons. The zero-order valence-electron chi connectivity index (χ0n) is 21.2. The van der Waals surface area contributed by atoms with Gasteiger partial charge in [-0.15, -0.1) is 8.78 Å². The number of fused-ring (bicyclic) bond motifs is 2. The van der Waals surface area contributed by atoms with Crippen LogP contribution in [-0.2, 0) is 16.1 Å². The Morgan fingerprint density at radius 2 is 2.00 bits per heavy atom. The molecule has 1 saturated heterocycles. The number of ether oxygens (including phenoxy) is 2. The largest absolute Gasteiger partial charge is 0.618 e. The number of likely N-dealkylation sites (tertiary alicyclic amines) is 1. The van der Waals surface area contributed by atoms with Crippen molar-refractivity contribution in [3.05, 3.63) is 46.9 Å². The maximum atomic E-state index is 14.9. The van der Waals surface area contributed by atoms with E-state index in [1.165, 1.54) is 30.5 Å². The Hall–Kier alpha value is -3.76. The maximum absolute atomic E-state index is 14.9. The van der Waals surface area contributed by atoms with Crippen molar-refractivity contribution in [1.29, 1.82) is 0 Å². The zero-order chi connectivity index (χ0) is 29.2. The van der Waals surface area contributed by atoms with Crippen molar-refractivity contribution in [2.45, 2.75) is 44.1 Å². The molecule has 11 nitrogen and oxygen atoms in total. The predicted octanol–water partition coefficient (Wildman–Crippen LogP) is 3.12. The van der Waals surface area contributed by atoms with Gasteiger partial charge in [-0.2, -0.15) is 4.73 Å². The summed E-state index contributed by atoms with van der Waals surface area (Å²) in [5.74, 6) is -4.94. The van der Waals surface area contributed by atoms with Crippen LogP contribution in [0, 0.1) is 5.21 Å². The number of thiazole rings is 1. The Bertz CT molecular complexity index is 1360. The molecule has 5 rings (SSSR count). The van der Waals surface area contributed by atoms with Gasteiger partial charge in [0.2, 0.25) is 11.6 Å². The summed E-state index contributed by atoms with van der Waals surface area (Å²) in [4.78, 5) is 27.3. The number of hydrogen-bond donors (Lipinski definition) is 3. The molecule has 0 spiro atoms. The number of nitrogens with zero attached hydrogens (tertiary/aromatic N) is 3.